The van der Waals surface area contributed by atoms with Crippen LogP contribution in [-0.4, -0.2) is 27.9 Å². The number of nitrogens with zero attached hydrogens (tertiary/aromatic N) is 2. The second-order valence-electron chi connectivity index (χ2n) is 5.71. The van der Waals surface area contributed by atoms with Gasteiger partial charge in [0.1, 0.15) is 11.5 Å². The third-order valence-electron chi connectivity index (χ3n) is 3.62. The highest BCUT2D eigenvalue weighted by molar-refractivity contribution is 5.92. The Morgan fingerprint density at radius 1 is 1.19 bits per heavy atom. The van der Waals surface area contributed by atoms with Gasteiger partial charge in [0.15, 0.2) is 0 Å². The number of imidazole rings is 1. The van der Waals surface area contributed by atoms with E-state index in [1.54, 1.807) is 0 Å². The molecule has 0 unspecified atom stereocenters. The number of pyridine rings is 1. The molecule has 3 aromatic rings. The standard InChI is InChI=1S/C18H18FN5O2/c1-12(25)21-16-10-13(5-6-15(16)19)23-18(26)20-8-7-14-11-24-9-3-2-4-17(24)22-14/h2-6,9-11H,7-8H2,1H3,(H,21,25)(H2,20,23,26). The Labute approximate surface area is 149 Å². The number of rotatable bonds is 5. The van der Waals surface area contributed by atoms with Crippen LogP contribution in [0.3, 0.4) is 0 Å². The summed E-state index contributed by atoms with van der Waals surface area (Å²) in [5.41, 5.74) is 2.11. The van der Waals surface area contributed by atoms with Gasteiger partial charge in [-0.2, -0.15) is 0 Å². The minimum Gasteiger partial charge on any atom is -0.337 e. The second kappa shape index (κ2) is 7.64. The molecule has 7 nitrogen and oxygen atoms in total. The van der Waals surface area contributed by atoms with E-state index in [9.17, 15) is 14.0 Å². The average molecular weight is 355 g/mol. The minimum absolute atomic E-state index is 0.0139. The number of benzene rings is 1. The zero-order chi connectivity index (χ0) is 18.5. The number of amides is 3. The minimum atomic E-state index is -0.571. The van der Waals surface area contributed by atoms with Crippen LogP contribution in [0.1, 0.15) is 12.6 Å². The van der Waals surface area contributed by atoms with Crippen LogP contribution in [0.2, 0.25) is 0 Å². The Morgan fingerprint density at radius 3 is 2.81 bits per heavy atom. The number of carbonyl (C=O) groups is 2. The summed E-state index contributed by atoms with van der Waals surface area (Å²) in [7, 11) is 0. The molecular formula is C18H18FN5O2. The van der Waals surface area contributed by atoms with E-state index >= 15 is 0 Å². The van der Waals surface area contributed by atoms with Crippen molar-refractivity contribution in [2.75, 3.05) is 17.2 Å². The van der Waals surface area contributed by atoms with E-state index < -0.39 is 17.8 Å². The maximum Gasteiger partial charge on any atom is 0.319 e. The van der Waals surface area contributed by atoms with Gasteiger partial charge in [0, 0.05) is 38.0 Å². The maximum absolute atomic E-state index is 13.6. The van der Waals surface area contributed by atoms with E-state index in [1.165, 1.54) is 25.1 Å². The fraction of sp³-hybridized carbons (Fsp3) is 0.167. The van der Waals surface area contributed by atoms with Gasteiger partial charge >= 0.3 is 6.03 Å². The van der Waals surface area contributed by atoms with Crippen molar-refractivity contribution >= 4 is 29.0 Å². The number of hydrogen-bond acceptors (Lipinski definition) is 3. The molecule has 3 N–H and O–H groups in total. The molecule has 0 bridgehead atoms. The Morgan fingerprint density at radius 2 is 2.04 bits per heavy atom. The molecule has 0 atom stereocenters. The summed E-state index contributed by atoms with van der Waals surface area (Å²) in [6.07, 6.45) is 4.40. The molecule has 0 aliphatic rings. The van der Waals surface area contributed by atoms with E-state index in [1.807, 2.05) is 35.0 Å². The van der Waals surface area contributed by atoms with Crippen LogP contribution in [-0.2, 0) is 11.2 Å². The number of anilines is 2. The first-order chi connectivity index (χ1) is 12.5. The van der Waals surface area contributed by atoms with Crippen LogP contribution in [0.5, 0.6) is 0 Å². The highest BCUT2D eigenvalue weighted by Gasteiger charge is 2.08. The number of carbonyl (C=O) groups excluding carboxylic acids is 2. The van der Waals surface area contributed by atoms with Gasteiger partial charge in [-0.05, 0) is 30.3 Å². The lowest BCUT2D eigenvalue weighted by Crippen LogP contribution is -2.30. The lowest BCUT2D eigenvalue weighted by atomic mass is 10.2. The molecule has 0 aliphatic carbocycles. The molecule has 134 valence electrons. The summed E-state index contributed by atoms with van der Waals surface area (Å²) >= 11 is 0. The molecule has 3 rings (SSSR count). The topological polar surface area (TPSA) is 87.5 Å². The normalized spacial score (nSPS) is 10.5. The van der Waals surface area contributed by atoms with Crippen molar-refractivity contribution in [1.82, 2.24) is 14.7 Å². The van der Waals surface area contributed by atoms with E-state index in [0.29, 0.717) is 18.7 Å². The Balaban J connectivity index is 1.53. The molecule has 3 amide bonds. The Hall–Kier alpha value is -3.42. The molecule has 0 saturated carbocycles. The third kappa shape index (κ3) is 4.35. The van der Waals surface area contributed by atoms with Crippen molar-refractivity contribution in [2.24, 2.45) is 0 Å². The summed E-state index contributed by atoms with van der Waals surface area (Å²) in [5, 5.41) is 7.69. The molecule has 2 aromatic heterocycles. The summed E-state index contributed by atoms with van der Waals surface area (Å²) in [4.78, 5) is 27.5. The number of halogens is 1. The predicted molar refractivity (Wildman–Crippen MR) is 96.6 cm³/mol. The van der Waals surface area contributed by atoms with Crippen molar-refractivity contribution < 1.29 is 14.0 Å². The average Bonchev–Trinajstić information content (AvgIpc) is 3.00. The number of aromatic nitrogens is 2. The highest BCUT2D eigenvalue weighted by atomic mass is 19.1. The van der Waals surface area contributed by atoms with E-state index in [2.05, 4.69) is 20.9 Å². The molecule has 26 heavy (non-hydrogen) atoms. The number of hydrogen-bond donors (Lipinski definition) is 3. The first-order valence-corrected chi connectivity index (χ1v) is 8.06. The summed E-state index contributed by atoms with van der Waals surface area (Å²) in [5.74, 6) is -0.962. The molecule has 0 spiro atoms. The molecule has 0 fully saturated rings. The van der Waals surface area contributed by atoms with E-state index in [4.69, 9.17) is 0 Å². The number of nitrogens with one attached hydrogen (secondary N) is 3. The smallest absolute Gasteiger partial charge is 0.319 e. The van der Waals surface area contributed by atoms with Crippen molar-refractivity contribution in [3.8, 4) is 0 Å². The summed E-state index contributed by atoms with van der Waals surface area (Å²) < 4.78 is 15.5. The van der Waals surface area contributed by atoms with Gasteiger partial charge < -0.3 is 20.4 Å². The fourth-order valence-electron chi connectivity index (χ4n) is 2.48. The summed E-state index contributed by atoms with van der Waals surface area (Å²) in [6.45, 7) is 1.68. The molecule has 2 heterocycles. The lowest BCUT2D eigenvalue weighted by molar-refractivity contribution is -0.114. The highest BCUT2D eigenvalue weighted by Crippen LogP contribution is 2.19. The van der Waals surface area contributed by atoms with Crippen LogP contribution in [0.15, 0.2) is 48.8 Å². The fourth-order valence-corrected chi connectivity index (χ4v) is 2.48. The van der Waals surface area contributed by atoms with Crippen LogP contribution in [0, 0.1) is 5.82 Å². The van der Waals surface area contributed by atoms with Gasteiger partial charge in [-0.25, -0.2) is 14.2 Å². The van der Waals surface area contributed by atoms with Gasteiger partial charge in [0.05, 0.1) is 11.4 Å². The molecular weight excluding hydrogens is 337 g/mol. The van der Waals surface area contributed by atoms with Crippen LogP contribution in [0.25, 0.3) is 5.65 Å². The molecule has 8 heteroatoms. The van der Waals surface area contributed by atoms with Crippen molar-refractivity contribution in [2.45, 2.75) is 13.3 Å². The van der Waals surface area contributed by atoms with Crippen LogP contribution < -0.4 is 16.0 Å². The van der Waals surface area contributed by atoms with Gasteiger partial charge in [-0.3, -0.25) is 4.79 Å². The second-order valence-corrected chi connectivity index (χ2v) is 5.71. The van der Waals surface area contributed by atoms with Crippen molar-refractivity contribution in [1.29, 1.82) is 0 Å². The summed E-state index contributed by atoms with van der Waals surface area (Å²) in [6, 6.07) is 9.27. The van der Waals surface area contributed by atoms with E-state index in [-0.39, 0.29) is 5.69 Å². The first-order valence-electron chi connectivity index (χ1n) is 8.06. The predicted octanol–water partition coefficient (Wildman–Crippen LogP) is 2.80. The van der Waals surface area contributed by atoms with Crippen LogP contribution in [0.4, 0.5) is 20.6 Å². The van der Waals surface area contributed by atoms with Crippen LogP contribution >= 0.6 is 0 Å². The van der Waals surface area contributed by atoms with Gasteiger partial charge in [0.2, 0.25) is 5.91 Å². The van der Waals surface area contributed by atoms with E-state index in [0.717, 1.165) is 11.3 Å². The molecule has 0 radical (unpaired) electrons. The maximum atomic E-state index is 13.6. The Kier molecular flexibility index (Phi) is 5.12. The van der Waals surface area contributed by atoms with Crippen molar-refractivity contribution in [3.63, 3.8) is 0 Å². The molecule has 0 saturated heterocycles. The monoisotopic (exact) mass is 355 g/mol. The molecule has 1 aromatic carbocycles. The zero-order valence-electron chi connectivity index (χ0n) is 14.1. The quantitative estimate of drug-likeness (QED) is 0.658. The third-order valence-corrected chi connectivity index (χ3v) is 3.62. The van der Waals surface area contributed by atoms with Gasteiger partial charge in [-0.15, -0.1) is 0 Å². The largest absolute Gasteiger partial charge is 0.337 e. The number of urea groups is 1. The zero-order valence-corrected chi connectivity index (χ0v) is 14.1. The Bertz CT molecular complexity index is 921. The van der Waals surface area contributed by atoms with Crippen molar-refractivity contribution in [3.05, 3.63) is 60.3 Å². The first kappa shape index (κ1) is 17.4. The van der Waals surface area contributed by atoms with Gasteiger partial charge in [0.25, 0.3) is 0 Å². The van der Waals surface area contributed by atoms with Gasteiger partial charge in [-0.1, -0.05) is 6.07 Å². The lowest BCUT2D eigenvalue weighted by Gasteiger charge is -2.09. The molecule has 0 aliphatic heterocycles. The number of fused-ring (bicyclic) bond motifs is 1. The SMILES string of the molecule is CC(=O)Nc1cc(NC(=O)NCCc2cn3ccccc3n2)ccc1F.